The SMILES string of the molecule is Cn1nccc1CN1CC(COc2cncc(Cl)n2)C1. The van der Waals surface area contributed by atoms with Crippen LogP contribution in [0.3, 0.4) is 0 Å². The Morgan fingerprint density at radius 1 is 1.40 bits per heavy atom. The zero-order valence-corrected chi connectivity index (χ0v) is 12.0. The summed E-state index contributed by atoms with van der Waals surface area (Å²) in [5.41, 5.74) is 1.23. The van der Waals surface area contributed by atoms with Gasteiger partial charge in [0.2, 0.25) is 5.88 Å². The van der Waals surface area contributed by atoms with Crippen molar-refractivity contribution in [2.75, 3.05) is 19.7 Å². The van der Waals surface area contributed by atoms with Gasteiger partial charge in [0.15, 0.2) is 5.15 Å². The molecule has 0 amide bonds. The number of halogens is 1. The minimum atomic E-state index is 0.356. The highest BCUT2D eigenvalue weighted by molar-refractivity contribution is 6.29. The lowest BCUT2D eigenvalue weighted by Crippen LogP contribution is -2.48. The largest absolute Gasteiger partial charge is 0.476 e. The summed E-state index contributed by atoms with van der Waals surface area (Å²) in [6.07, 6.45) is 4.90. The maximum Gasteiger partial charge on any atom is 0.233 e. The molecule has 3 heterocycles. The molecular formula is C13H16ClN5O. The summed E-state index contributed by atoms with van der Waals surface area (Å²) < 4.78 is 7.50. The van der Waals surface area contributed by atoms with Gasteiger partial charge in [-0.15, -0.1) is 0 Å². The van der Waals surface area contributed by atoms with E-state index < -0.39 is 0 Å². The Labute approximate surface area is 122 Å². The van der Waals surface area contributed by atoms with Gasteiger partial charge in [0, 0.05) is 38.8 Å². The Kier molecular flexibility index (Phi) is 3.84. The van der Waals surface area contributed by atoms with Crippen molar-refractivity contribution in [2.45, 2.75) is 6.54 Å². The molecule has 0 spiro atoms. The van der Waals surface area contributed by atoms with Crippen molar-refractivity contribution in [2.24, 2.45) is 13.0 Å². The van der Waals surface area contributed by atoms with Gasteiger partial charge in [0.1, 0.15) is 0 Å². The third-order valence-corrected chi connectivity index (χ3v) is 3.57. The van der Waals surface area contributed by atoms with Crippen LogP contribution in [0.1, 0.15) is 5.69 Å². The van der Waals surface area contributed by atoms with E-state index in [4.69, 9.17) is 16.3 Å². The van der Waals surface area contributed by atoms with Gasteiger partial charge < -0.3 is 4.74 Å². The number of rotatable bonds is 5. The molecule has 0 saturated carbocycles. The standard InChI is InChI=1S/C13H16ClN5O/c1-18-11(2-3-16-18)8-19-6-10(7-19)9-20-13-5-15-4-12(14)17-13/h2-5,10H,6-9H2,1H3. The molecule has 7 heteroatoms. The monoisotopic (exact) mass is 293 g/mol. The van der Waals surface area contributed by atoms with Gasteiger partial charge in [-0.05, 0) is 6.07 Å². The van der Waals surface area contributed by atoms with Crippen molar-refractivity contribution >= 4 is 11.6 Å². The highest BCUT2D eigenvalue weighted by Gasteiger charge is 2.27. The van der Waals surface area contributed by atoms with E-state index >= 15 is 0 Å². The molecule has 6 nitrogen and oxygen atoms in total. The van der Waals surface area contributed by atoms with Gasteiger partial charge in [0.25, 0.3) is 0 Å². The van der Waals surface area contributed by atoms with Crippen LogP contribution in [0, 0.1) is 5.92 Å². The lowest BCUT2D eigenvalue weighted by molar-refractivity contribution is 0.0524. The number of likely N-dealkylation sites (tertiary alicyclic amines) is 1. The Bertz CT molecular complexity index is 582. The molecule has 0 bridgehead atoms. The summed E-state index contributed by atoms with van der Waals surface area (Å²) in [5, 5.41) is 4.52. The van der Waals surface area contributed by atoms with E-state index in [0.29, 0.717) is 23.6 Å². The third kappa shape index (κ3) is 3.08. The Morgan fingerprint density at radius 3 is 2.95 bits per heavy atom. The Hall–Kier alpha value is -1.66. The van der Waals surface area contributed by atoms with Gasteiger partial charge in [-0.2, -0.15) is 10.1 Å². The summed E-state index contributed by atoms with van der Waals surface area (Å²) in [5.74, 6) is 1.02. The maximum atomic E-state index is 5.76. The van der Waals surface area contributed by atoms with E-state index in [1.807, 2.05) is 24.0 Å². The molecule has 0 aromatic carbocycles. The van der Waals surface area contributed by atoms with E-state index in [9.17, 15) is 0 Å². The number of hydrogen-bond acceptors (Lipinski definition) is 5. The fourth-order valence-corrected chi connectivity index (χ4v) is 2.43. The van der Waals surface area contributed by atoms with Crippen LogP contribution in [0.4, 0.5) is 0 Å². The first-order valence-electron chi connectivity index (χ1n) is 6.50. The molecule has 0 unspecified atom stereocenters. The van der Waals surface area contributed by atoms with E-state index in [0.717, 1.165) is 19.6 Å². The Balaban J connectivity index is 1.41. The predicted molar refractivity (Wildman–Crippen MR) is 74.5 cm³/mol. The molecule has 2 aromatic heterocycles. The fraction of sp³-hybridized carbons (Fsp3) is 0.462. The zero-order chi connectivity index (χ0) is 13.9. The van der Waals surface area contributed by atoms with Crippen molar-refractivity contribution in [1.29, 1.82) is 0 Å². The topological polar surface area (TPSA) is 56.1 Å². The third-order valence-electron chi connectivity index (χ3n) is 3.39. The van der Waals surface area contributed by atoms with Crippen LogP contribution < -0.4 is 4.74 Å². The van der Waals surface area contributed by atoms with Crippen LogP contribution in [0.5, 0.6) is 5.88 Å². The first-order chi connectivity index (χ1) is 9.70. The molecule has 3 rings (SSSR count). The summed E-state index contributed by atoms with van der Waals surface area (Å²) in [6.45, 7) is 3.64. The smallest absolute Gasteiger partial charge is 0.233 e. The molecule has 2 aromatic rings. The first-order valence-corrected chi connectivity index (χ1v) is 6.88. The summed E-state index contributed by atoms with van der Waals surface area (Å²) >= 11 is 5.76. The second kappa shape index (κ2) is 5.76. The number of hydrogen-bond donors (Lipinski definition) is 0. The maximum absolute atomic E-state index is 5.76. The molecule has 1 saturated heterocycles. The summed E-state index contributed by atoms with van der Waals surface area (Å²) in [7, 11) is 1.97. The lowest BCUT2D eigenvalue weighted by Gasteiger charge is -2.38. The van der Waals surface area contributed by atoms with Gasteiger partial charge in [0.05, 0.1) is 24.7 Å². The molecule has 1 aliphatic rings. The molecule has 0 atom stereocenters. The van der Waals surface area contributed by atoms with E-state index in [1.165, 1.54) is 11.9 Å². The van der Waals surface area contributed by atoms with Crippen molar-refractivity contribution in [3.63, 3.8) is 0 Å². The minimum absolute atomic E-state index is 0.356. The van der Waals surface area contributed by atoms with Gasteiger partial charge in [-0.3, -0.25) is 14.6 Å². The molecule has 1 aliphatic heterocycles. The molecule has 106 valence electrons. The quantitative estimate of drug-likeness (QED) is 0.833. The number of aryl methyl sites for hydroxylation is 1. The van der Waals surface area contributed by atoms with Crippen LogP contribution in [0.15, 0.2) is 24.7 Å². The summed E-state index contributed by atoms with van der Waals surface area (Å²) in [4.78, 5) is 10.4. The van der Waals surface area contributed by atoms with E-state index in [2.05, 4.69) is 20.0 Å². The van der Waals surface area contributed by atoms with Crippen LogP contribution in [0.25, 0.3) is 0 Å². The molecule has 1 fully saturated rings. The summed E-state index contributed by atoms with van der Waals surface area (Å²) in [6, 6.07) is 2.05. The molecule has 0 radical (unpaired) electrons. The highest BCUT2D eigenvalue weighted by Crippen LogP contribution is 2.19. The van der Waals surface area contributed by atoms with Gasteiger partial charge in [-0.1, -0.05) is 11.6 Å². The number of ether oxygens (including phenoxy) is 1. The zero-order valence-electron chi connectivity index (χ0n) is 11.2. The van der Waals surface area contributed by atoms with Crippen molar-refractivity contribution < 1.29 is 4.74 Å². The van der Waals surface area contributed by atoms with E-state index in [-0.39, 0.29) is 0 Å². The van der Waals surface area contributed by atoms with E-state index in [1.54, 1.807) is 6.20 Å². The van der Waals surface area contributed by atoms with Crippen molar-refractivity contribution in [3.8, 4) is 5.88 Å². The van der Waals surface area contributed by atoms with Gasteiger partial charge >= 0.3 is 0 Å². The van der Waals surface area contributed by atoms with Crippen LogP contribution in [0.2, 0.25) is 5.15 Å². The molecule has 0 aliphatic carbocycles. The fourth-order valence-electron chi connectivity index (χ4n) is 2.30. The first kappa shape index (κ1) is 13.3. The number of aromatic nitrogens is 4. The molecule has 0 N–H and O–H groups in total. The van der Waals surface area contributed by atoms with Crippen LogP contribution in [-0.2, 0) is 13.6 Å². The Morgan fingerprint density at radius 2 is 2.25 bits per heavy atom. The van der Waals surface area contributed by atoms with Crippen LogP contribution in [-0.4, -0.2) is 44.3 Å². The molecular weight excluding hydrogens is 278 g/mol. The lowest BCUT2D eigenvalue weighted by atomic mass is 10.0. The normalized spacial score (nSPS) is 16.1. The highest BCUT2D eigenvalue weighted by atomic mass is 35.5. The van der Waals surface area contributed by atoms with Gasteiger partial charge in [-0.25, -0.2) is 0 Å². The van der Waals surface area contributed by atoms with Crippen LogP contribution >= 0.6 is 11.6 Å². The van der Waals surface area contributed by atoms with Crippen molar-refractivity contribution in [1.82, 2.24) is 24.6 Å². The second-order valence-corrected chi connectivity index (χ2v) is 5.38. The minimum Gasteiger partial charge on any atom is -0.476 e. The number of nitrogens with zero attached hydrogens (tertiary/aromatic N) is 5. The average molecular weight is 294 g/mol. The predicted octanol–water partition coefficient (Wildman–Crippen LogP) is 1.37. The second-order valence-electron chi connectivity index (χ2n) is 5.00. The van der Waals surface area contributed by atoms with Crippen molar-refractivity contribution in [3.05, 3.63) is 35.5 Å². The molecule has 20 heavy (non-hydrogen) atoms. The average Bonchev–Trinajstić information content (AvgIpc) is 2.77.